The van der Waals surface area contributed by atoms with E-state index in [0.717, 1.165) is 76.1 Å². The Hall–Kier alpha value is -7.08. The van der Waals surface area contributed by atoms with Crippen molar-refractivity contribution in [3.8, 4) is 23.0 Å². The zero-order chi connectivity index (χ0) is 52.3. The summed E-state index contributed by atoms with van der Waals surface area (Å²) in [6.45, 7) is 4.08. The summed E-state index contributed by atoms with van der Waals surface area (Å²) >= 11 is 0. The molecular formula is C60H64N4O10P2. The Labute approximate surface area is 447 Å². The van der Waals surface area contributed by atoms with Gasteiger partial charge in [0, 0.05) is 61.5 Å². The number of unbranched alkanes of at least 4 members (excludes halogenated alkanes) is 2. The molecule has 2 N–H and O–H groups in total. The van der Waals surface area contributed by atoms with Gasteiger partial charge in [-0.05, 0) is 149 Å². The number of aliphatic imine (C=N–C) groups is 1. The normalized spacial score (nSPS) is 17.2. The van der Waals surface area contributed by atoms with Crippen LogP contribution in [0.5, 0.6) is 23.0 Å². The number of anilines is 2. The Kier molecular flexibility index (Phi) is 19.5. The number of carbonyl (C=O) groups excluding carboxylic acids is 3. The first kappa shape index (κ1) is 53.7. The van der Waals surface area contributed by atoms with Gasteiger partial charge < -0.3 is 38.3 Å². The van der Waals surface area contributed by atoms with Crippen LogP contribution < -0.4 is 28.3 Å². The van der Waals surface area contributed by atoms with Crippen LogP contribution in [0.4, 0.5) is 11.4 Å². The molecule has 0 bridgehead atoms. The summed E-state index contributed by atoms with van der Waals surface area (Å²) in [5.74, 6) is 1.28. The molecule has 2 saturated heterocycles. The van der Waals surface area contributed by atoms with Gasteiger partial charge in [-0.3, -0.25) is 23.4 Å². The van der Waals surface area contributed by atoms with Crippen LogP contribution in [-0.2, 0) is 23.4 Å². The lowest BCUT2D eigenvalue weighted by Crippen LogP contribution is -2.31. The molecule has 0 spiro atoms. The molecule has 2 aliphatic carbocycles. The summed E-state index contributed by atoms with van der Waals surface area (Å²) in [4.78, 5) is 51.1. The SMILES string of the molecule is O=C(CCCCOP(Oc1ccccc1)Oc1ccccc1)N=C1C=C(N2CCCCC2)C=CC1=C1C(=O)C(c2ccc(N3CCCCC3)cc2NC(=O)CCCCOP(Oc2ccccc2)Oc2ccccc2)=C1O. The van der Waals surface area contributed by atoms with Crippen molar-refractivity contribution in [2.24, 2.45) is 4.99 Å². The van der Waals surface area contributed by atoms with E-state index in [4.69, 9.17) is 27.1 Å². The molecular weight excluding hydrogens is 999 g/mol. The third-order valence-corrected chi connectivity index (χ3v) is 15.3. The van der Waals surface area contributed by atoms with Gasteiger partial charge in [0.1, 0.15) is 28.8 Å². The molecule has 16 heteroatoms. The number of piperidine rings is 2. The highest BCUT2D eigenvalue weighted by molar-refractivity contribution is 7.42. The third-order valence-electron chi connectivity index (χ3n) is 13.1. The maximum absolute atomic E-state index is 14.5. The van der Waals surface area contributed by atoms with E-state index in [-0.39, 0.29) is 48.2 Å². The van der Waals surface area contributed by atoms with Crippen LogP contribution in [0.2, 0.25) is 0 Å². The molecule has 2 amide bonds. The van der Waals surface area contributed by atoms with Gasteiger partial charge in [-0.2, -0.15) is 0 Å². The second-order valence-electron chi connectivity index (χ2n) is 18.7. The number of aliphatic hydroxyl groups is 1. The second kappa shape index (κ2) is 27.6. The minimum Gasteiger partial charge on any atom is -0.506 e. The minimum atomic E-state index is -1.77. The number of hydrogen-bond acceptors (Lipinski definition) is 12. The Morgan fingerprint density at radius 2 is 1.05 bits per heavy atom. The van der Waals surface area contributed by atoms with Crippen LogP contribution in [0, 0.1) is 0 Å². The fourth-order valence-electron chi connectivity index (χ4n) is 9.14. The maximum Gasteiger partial charge on any atom is 0.463 e. The molecule has 14 nitrogen and oxygen atoms in total. The molecule has 76 heavy (non-hydrogen) atoms. The quantitative estimate of drug-likeness (QED) is 0.0343. The standard InChI is InChI=1S/C60H64N4O10P2/c65-55(31-15-21-41-69-75(71-47-23-7-1-8-24-47)72-48-25-9-2-10-26-48)61-53-43-45(63-37-17-5-18-38-63)33-35-51(53)57-59(67)58(60(57)68)52-36-34-46(64-39-19-6-20-40-64)44-54(52)62-56(66)32-16-22-42-70-76(73-49-27-11-3-12-28-49)74-50-29-13-4-14-30-50/h1-4,7-14,23-30,33-36,43-44,67H,5-6,15-22,31-32,37-42H2,(H,61,65). The molecule has 0 unspecified atom stereocenters. The number of allylic oxidation sites excluding steroid dienone is 6. The summed E-state index contributed by atoms with van der Waals surface area (Å²) in [7, 11) is -3.54. The highest BCUT2D eigenvalue weighted by Gasteiger charge is 2.40. The monoisotopic (exact) mass is 1060 g/mol. The van der Waals surface area contributed by atoms with E-state index < -0.39 is 23.0 Å². The zero-order valence-corrected chi connectivity index (χ0v) is 44.4. The summed E-state index contributed by atoms with van der Waals surface area (Å²) < 4.78 is 36.3. The predicted octanol–water partition coefficient (Wildman–Crippen LogP) is 13.8. The van der Waals surface area contributed by atoms with Gasteiger partial charge in [0.05, 0.1) is 35.8 Å². The molecule has 0 radical (unpaired) electrons. The Morgan fingerprint density at radius 1 is 0.566 bits per heavy atom. The average Bonchev–Trinajstić information content (AvgIpc) is 3.48. The lowest BCUT2D eigenvalue weighted by molar-refractivity contribution is -0.118. The van der Waals surface area contributed by atoms with Gasteiger partial charge in [-0.25, -0.2) is 4.99 Å². The van der Waals surface area contributed by atoms with Crippen LogP contribution in [0.3, 0.4) is 0 Å². The van der Waals surface area contributed by atoms with Crippen LogP contribution in [0.25, 0.3) is 5.57 Å². The van der Waals surface area contributed by atoms with Crippen molar-refractivity contribution in [1.29, 1.82) is 0 Å². The van der Waals surface area contributed by atoms with Gasteiger partial charge in [-0.15, -0.1) is 0 Å². The van der Waals surface area contributed by atoms with Gasteiger partial charge in [0.25, 0.3) is 0 Å². The fraction of sp³-hybridized carbons (Fsp3) is 0.300. The van der Waals surface area contributed by atoms with Crippen molar-refractivity contribution < 1.29 is 46.6 Å². The number of rotatable bonds is 24. The largest absolute Gasteiger partial charge is 0.506 e. The molecule has 5 aromatic rings. The predicted molar refractivity (Wildman–Crippen MR) is 300 cm³/mol. The maximum atomic E-state index is 14.5. The summed E-state index contributed by atoms with van der Waals surface area (Å²) in [5, 5.41) is 15.0. The molecule has 2 aliphatic heterocycles. The molecule has 2 fully saturated rings. The number of amides is 2. The number of nitrogens with one attached hydrogen (secondary N) is 1. The van der Waals surface area contributed by atoms with Gasteiger partial charge >= 0.3 is 17.2 Å². The van der Waals surface area contributed by atoms with Crippen LogP contribution in [-0.4, -0.2) is 72.7 Å². The molecule has 0 atom stereocenters. The van der Waals surface area contributed by atoms with E-state index >= 15 is 0 Å². The molecule has 9 rings (SSSR count). The van der Waals surface area contributed by atoms with E-state index in [2.05, 4.69) is 20.1 Å². The third kappa shape index (κ3) is 15.1. The van der Waals surface area contributed by atoms with Crippen molar-refractivity contribution in [2.75, 3.05) is 49.6 Å². The van der Waals surface area contributed by atoms with Crippen LogP contribution in [0.15, 0.2) is 185 Å². The Bertz CT molecular complexity index is 2820. The number of Topliss-reactive ketones (excluding diaryl/α,β-unsaturated/α-hetero) is 1. The number of likely N-dealkylation sites (tertiary alicyclic amines) is 1. The highest BCUT2D eigenvalue weighted by atomic mass is 31.2. The first-order valence-corrected chi connectivity index (χ1v) is 28.5. The summed E-state index contributed by atoms with van der Waals surface area (Å²) in [6, 6.07) is 43.0. The van der Waals surface area contributed by atoms with Crippen molar-refractivity contribution in [3.05, 3.63) is 186 Å². The molecule has 5 aromatic carbocycles. The van der Waals surface area contributed by atoms with Crippen molar-refractivity contribution in [1.82, 2.24) is 4.90 Å². The van der Waals surface area contributed by atoms with Crippen LogP contribution in [0.1, 0.15) is 82.6 Å². The number of para-hydroxylation sites is 4. The van der Waals surface area contributed by atoms with Crippen molar-refractivity contribution in [3.63, 3.8) is 0 Å². The fourth-order valence-corrected chi connectivity index (χ4v) is 11.2. The topological polar surface area (TPSA) is 158 Å². The number of hydrogen-bond donors (Lipinski definition) is 2. The van der Waals surface area contributed by atoms with Gasteiger partial charge in [0.2, 0.25) is 17.6 Å². The number of benzene rings is 5. The number of ketones is 1. The van der Waals surface area contributed by atoms with Crippen LogP contribution >= 0.6 is 17.2 Å². The second-order valence-corrected chi connectivity index (χ2v) is 20.8. The van der Waals surface area contributed by atoms with E-state index in [1.807, 2.05) is 146 Å². The number of nitrogens with zero attached hydrogens (tertiary/aromatic N) is 3. The lowest BCUT2D eigenvalue weighted by Gasteiger charge is -2.32. The van der Waals surface area contributed by atoms with Crippen molar-refractivity contribution >= 4 is 57.5 Å². The highest BCUT2D eigenvalue weighted by Crippen LogP contribution is 2.45. The lowest BCUT2D eigenvalue weighted by atomic mass is 9.78. The molecule has 0 saturated carbocycles. The Morgan fingerprint density at radius 3 is 1.55 bits per heavy atom. The van der Waals surface area contributed by atoms with Gasteiger partial charge in [0.15, 0.2) is 0 Å². The van der Waals surface area contributed by atoms with E-state index in [1.165, 1.54) is 0 Å². The average molecular weight is 1060 g/mol. The van der Waals surface area contributed by atoms with Gasteiger partial charge in [-0.1, -0.05) is 72.8 Å². The first-order valence-electron chi connectivity index (χ1n) is 26.3. The zero-order valence-electron chi connectivity index (χ0n) is 42.6. The van der Waals surface area contributed by atoms with E-state index in [9.17, 15) is 19.5 Å². The summed E-state index contributed by atoms with van der Waals surface area (Å²) in [6.07, 6.45) is 14.5. The first-order chi connectivity index (χ1) is 37.3. The van der Waals surface area contributed by atoms with Crippen molar-refractivity contribution in [2.45, 2.75) is 77.0 Å². The van der Waals surface area contributed by atoms with E-state index in [0.29, 0.717) is 77.8 Å². The summed E-state index contributed by atoms with van der Waals surface area (Å²) in [5.41, 5.74) is 3.54. The smallest absolute Gasteiger partial charge is 0.463 e. The molecule has 394 valence electrons. The Balaban J connectivity index is 0.877. The number of aliphatic hydroxyl groups excluding tert-OH is 1. The minimum absolute atomic E-state index is 0.0789. The molecule has 4 aliphatic rings. The number of carbonyl (C=O) groups is 3. The molecule has 2 heterocycles. The van der Waals surface area contributed by atoms with E-state index in [1.54, 1.807) is 12.1 Å². The molecule has 0 aromatic heterocycles.